The number of nitrogens with one attached hydrogen (secondary N) is 1. The number of carbonyl (C=O) groups is 1. The van der Waals surface area contributed by atoms with E-state index >= 15 is 0 Å². The van der Waals surface area contributed by atoms with E-state index in [1.807, 2.05) is 0 Å². The zero-order chi connectivity index (χ0) is 12.4. The molecular formula is C11H14N4O2. The van der Waals surface area contributed by atoms with E-state index in [-0.39, 0.29) is 18.6 Å². The van der Waals surface area contributed by atoms with Crippen molar-refractivity contribution in [2.45, 2.75) is 13.0 Å². The lowest BCUT2D eigenvalue weighted by Gasteiger charge is -2.23. The number of aromatic nitrogens is 3. The third-order valence-corrected chi connectivity index (χ3v) is 2.81. The molecule has 2 rings (SSSR count). The Kier molecular flexibility index (Phi) is 3.06. The Labute approximate surface area is 98.2 Å². The molecule has 1 unspecified atom stereocenters. The molecule has 0 fully saturated rings. The summed E-state index contributed by atoms with van der Waals surface area (Å²) in [4.78, 5) is 13.6. The summed E-state index contributed by atoms with van der Waals surface area (Å²) in [6, 6.07) is 4.91. The summed E-state index contributed by atoms with van der Waals surface area (Å²) in [6.45, 7) is 1.72. The number of aliphatic hydroxyl groups excluding tert-OH is 1. The molecule has 90 valence electrons. The summed E-state index contributed by atoms with van der Waals surface area (Å²) < 4.78 is 0. The Morgan fingerprint density at radius 2 is 2.18 bits per heavy atom. The Morgan fingerprint density at radius 1 is 1.47 bits per heavy atom. The maximum Gasteiger partial charge on any atom is 0.253 e. The van der Waals surface area contributed by atoms with Gasteiger partial charge in [0.2, 0.25) is 0 Å². The number of amides is 1. The van der Waals surface area contributed by atoms with E-state index in [0.717, 1.165) is 5.52 Å². The molecule has 0 aliphatic rings. The number of nitrogens with zero attached hydrogens (tertiary/aromatic N) is 3. The van der Waals surface area contributed by atoms with Crippen molar-refractivity contribution in [2.24, 2.45) is 0 Å². The minimum absolute atomic E-state index is 0.0611. The van der Waals surface area contributed by atoms with Crippen molar-refractivity contribution in [2.75, 3.05) is 13.7 Å². The van der Waals surface area contributed by atoms with Gasteiger partial charge in [0.25, 0.3) is 5.91 Å². The van der Waals surface area contributed by atoms with Crippen molar-refractivity contribution in [3.8, 4) is 0 Å². The minimum atomic E-state index is -0.212. The third-order valence-electron chi connectivity index (χ3n) is 2.81. The standard InChI is InChI=1S/C11H14N4O2/c1-7(6-16)15(2)11(17)8-3-4-9-10(5-8)13-14-12-9/h3-5,7,16H,6H2,1-2H3,(H,12,13,14). The first-order valence-electron chi connectivity index (χ1n) is 5.32. The first kappa shape index (κ1) is 11.5. The summed E-state index contributed by atoms with van der Waals surface area (Å²) in [7, 11) is 1.66. The van der Waals surface area contributed by atoms with E-state index in [9.17, 15) is 4.79 Å². The second-order valence-electron chi connectivity index (χ2n) is 3.97. The van der Waals surface area contributed by atoms with Crippen LogP contribution in [0.5, 0.6) is 0 Å². The molecule has 2 N–H and O–H groups in total. The molecule has 0 aliphatic carbocycles. The van der Waals surface area contributed by atoms with Crippen LogP contribution in [0.15, 0.2) is 18.2 Å². The van der Waals surface area contributed by atoms with E-state index in [0.29, 0.717) is 11.1 Å². The molecule has 1 aromatic heterocycles. The van der Waals surface area contributed by atoms with Crippen LogP contribution in [0.3, 0.4) is 0 Å². The smallest absolute Gasteiger partial charge is 0.253 e. The van der Waals surface area contributed by atoms with Gasteiger partial charge in [0.1, 0.15) is 11.0 Å². The van der Waals surface area contributed by atoms with Gasteiger partial charge in [-0.1, -0.05) is 0 Å². The fourth-order valence-electron chi connectivity index (χ4n) is 1.50. The van der Waals surface area contributed by atoms with Crippen LogP contribution in [-0.2, 0) is 0 Å². The normalized spacial score (nSPS) is 12.6. The monoisotopic (exact) mass is 234 g/mol. The maximum absolute atomic E-state index is 12.1. The second-order valence-corrected chi connectivity index (χ2v) is 3.97. The van der Waals surface area contributed by atoms with Crippen LogP contribution >= 0.6 is 0 Å². The van der Waals surface area contributed by atoms with E-state index in [4.69, 9.17) is 5.11 Å². The van der Waals surface area contributed by atoms with E-state index in [1.165, 1.54) is 4.90 Å². The minimum Gasteiger partial charge on any atom is -0.394 e. The quantitative estimate of drug-likeness (QED) is 0.806. The molecule has 2 aromatic rings. The average molecular weight is 234 g/mol. The lowest BCUT2D eigenvalue weighted by molar-refractivity contribution is 0.0682. The van der Waals surface area contributed by atoms with Crippen molar-refractivity contribution < 1.29 is 9.90 Å². The highest BCUT2D eigenvalue weighted by molar-refractivity contribution is 5.97. The van der Waals surface area contributed by atoms with Gasteiger partial charge in [0.15, 0.2) is 0 Å². The molecule has 17 heavy (non-hydrogen) atoms. The van der Waals surface area contributed by atoms with Crippen molar-refractivity contribution in [1.29, 1.82) is 0 Å². The van der Waals surface area contributed by atoms with Gasteiger partial charge in [-0.3, -0.25) is 4.79 Å². The zero-order valence-electron chi connectivity index (χ0n) is 9.71. The zero-order valence-corrected chi connectivity index (χ0v) is 9.71. The van der Waals surface area contributed by atoms with Gasteiger partial charge in [-0.15, -0.1) is 0 Å². The van der Waals surface area contributed by atoms with Gasteiger partial charge in [-0.05, 0) is 25.1 Å². The average Bonchev–Trinajstić information content (AvgIpc) is 2.83. The molecule has 6 heteroatoms. The molecule has 0 aliphatic heterocycles. The summed E-state index contributed by atoms with van der Waals surface area (Å²) in [5.41, 5.74) is 1.91. The van der Waals surface area contributed by atoms with E-state index < -0.39 is 0 Å². The number of hydrogen-bond acceptors (Lipinski definition) is 4. The van der Waals surface area contributed by atoms with Gasteiger partial charge in [0, 0.05) is 12.6 Å². The Morgan fingerprint density at radius 3 is 2.88 bits per heavy atom. The maximum atomic E-state index is 12.1. The number of aromatic amines is 1. The lowest BCUT2D eigenvalue weighted by Crippen LogP contribution is -2.37. The molecule has 1 amide bonds. The lowest BCUT2D eigenvalue weighted by atomic mass is 10.1. The van der Waals surface area contributed by atoms with Gasteiger partial charge >= 0.3 is 0 Å². The summed E-state index contributed by atoms with van der Waals surface area (Å²) in [5.74, 6) is -0.142. The molecule has 0 spiro atoms. The molecule has 6 nitrogen and oxygen atoms in total. The SMILES string of the molecule is CC(CO)N(C)C(=O)c1ccc2n[nH]nc2c1. The van der Waals surface area contributed by atoms with Gasteiger partial charge in [-0.2, -0.15) is 15.4 Å². The van der Waals surface area contributed by atoms with Crippen LogP contribution in [0, 0.1) is 0 Å². The predicted octanol–water partition coefficient (Wildman–Crippen LogP) is 0.411. The van der Waals surface area contributed by atoms with Crippen molar-refractivity contribution >= 4 is 16.9 Å². The van der Waals surface area contributed by atoms with Crippen LogP contribution in [-0.4, -0.2) is 51.0 Å². The largest absolute Gasteiger partial charge is 0.394 e. The molecule has 0 bridgehead atoms. The van der Waals surface area contributed by atoms with E-state index in [1.54, 1.807) is 32.2 Å². The molecule has 0 saturated heterocycles. The molecular weight excluding hydrogens is 220 g/mol. The fourth-order valence-corrected chi connectivity index (χ4v) is 1.50. The van der Waals surface area contributed by atoms with E-state index in [2.05, 4.69) is 15.4 Å². The summed E-state index contributed by atoms with van der Waals surface area (Å²) in [6.07, 6.45) is 0. The van der Waals surface area contributed by atoms with Crippen molar-refractivity contribution in [1.82, 2.24) is 20.3 Å². The highest BCUT2D eigenvalue weighted by Crippen LogP contribution is 2.13. The third kappa shape index (κ3) is 2.12. The number of aliphatic hydroxyl groups is 1. The van der Waals surface area contributed by atoms with Crippen LogP contribution in [0.1, 0.15) is 17.3 Å². The molecule has 0 radical (unpaired) electrons. The number of H-pyrrole nitrogens is 1. The number of hydrogen-bond donors (Lipinski definition) is 2. The Balaban J connectivity index is 2.29. The van der Waals surface area contributed by atoms with Gasteiger partial charge < -0.3 is 10.0 Å². The van der Waals surface area contributed by atoms with Gasteiger partial charge in [-0.25, -0.2) is 0 Å². The van der Waals surface area contributed by atoms with Crippen LogP contribution < -0.4 is 0 Å². The highest BCUT2D eigenvalue weighted by Gasteiger charge is 2.17. The number of rotatable bonds is 3. The molecule has 1 aromatic carbocycles. The molecule has 1 heterocycles. The fraction of sp³-hybridized carbons (Fsp3) is 0.364. The number of likely N-dealkylation sites (N-methyl/N-ethyl adjacent to an activating group) is 1. The topological polar surface area (TPSA) is 82.1 Å². The first-order valence-corrected chi connectivity index (χ1v) is 5.32. The Hall–Kier alpha value is -1.95. The predicted molar refractivity (Wildman–Crippen MR) is 62.5 cm³/mol. The van der Waals surface area contributed by atoms with Crippen molar-refractivity contribution in [3.05, 3.63) is 23.8 Å². The van der Waals surface area contributed by atoms with Gasteiger partial charge in [0.05, 0.1) is 12.6 Å². The first-order chi connectivity index (χ1) is 8.13. The Bertz CT molecular complexity index is 537. The molecule has 1 atom stereocenters. The number of benzene rings is 1. The van der Waals surface area contributed by atoms with Crippen LogP contribution in [0.4, 0.5) is 0 Å². The number of carbonyl (C=O) groups excluding carboxylic acids is 1. The van der Waals surface area contributed by atoms with Crippen LogP contribution in [0.2, 0.25) is 0 Å². The summed E-state index contributed by atoms with van der Waals surface area (Å²) >= 11 is 0. The molecule has 0 saturated carbocycles. The second kappa shape index (κ2) is 4.50. The number of fused-ring (bicyclic) bond motifs is 1. The highest BCUT2D eigenvalue weighted by atomic mass is 16.3. The van der Waals surface area contributed by atoms with Crippen molar-refractivity contribution in [3.63, 3.8) is 0 Å². The summed E-state index contributed by atoms with van der Waals surface area (Å²) in [5, 5.41) is 19.4. The van der Waals surface area contributed by atoms with Crippen LogP contribution in [0.25, 0.3) is 11.0 Å².